The predicted molar refractivity (Wildman–Crippen MR) is 153 cm³/mol. The van der Waals surface area contributed by atoms with Crippen LogP contribution in [0.4, 0.5) is 0 Å². The van der Waals surface area contributed by atoms with Crippen LogP contribution in [-0.4, -0.2) is 48.7 Å². The molecule has 5 heteroatoms. The summed E-state index contributed by atoms with van der Waals surface area (Å²) >= 11 is 0. The van der Waals surface area contributed by atoms with E-state index < -0.39 is 5.97 Å². The lowest BCUT2D eigenvalue weighted by Crippen LogP contribution is -2.51. The molecule has 8 atom stereocenters. The van der Waals surface area contributed by atoms with E-state index in [4.69, 9.17) is 9.84 Å². The molecular weight excluding hydrogens is 474 g/mol. The Morgan fingerprint density at radius 1 is 1.05 bits per heavy atom. The molecule has 3 saturated carbocycles. The van der Waals surface area contributed by atoms with E-state index in [0.29, 0.717) is 5.41 Å². The minimum absolute atomic E-state index is 0.0272. The normalized spacial score (nSPS) is 37.3. The van der Waals surface area contributed by atoms with E-state index in [-0.39, 0.29) is 30.3 Å². The number of ether oxygens (including phenoxy) is 1. The molecule has 0 heterocycles. The molecule has 0 aromatic rings. The van der Waals surface area contributed by atoms with Gasteiger partial charge in [0.15, 0.2) is 0 Å². The summed E-state index contributed by atoms with van der Waals surface area (Å²) in [5, 5.41) is 8.87. The summed E-state index contributed by atoms with van der Waals surface area (Å²) in [7, 11) is 4.52. The minimum atomic E-state index is -0.943. The number of hydrogen-bond donors (Lipinski definition) is 1. The monoisotopic (exact) mass is 529 g/mol. The molecule has 0 radical (unpaired) electrons. The number of aliphatic carboxylic acids is 1. The zero-order valence-electron chi connectivity index (χ0n) is 25.1. The van der Waals surface area contributed by atoms with Gasteiger partial charge in [-0.3, -0.25) is 9.59 Å². The van der Waals surface area contributed by atoms with Crippen molar-refractivity contribution in [2.45, 2.75) is 117 Å². The first-order chi connectivity index (χ1) is 17.9. The molecule has 0 bridgehead atoms. The van der Waals surface area contributed by atoms with Crippen molar-refractivity contribution >= 4 is 11.9 Å². The van der Waals surface area contributed by atoms with Crippen molar-refractivity contribution < 1.29 is 19.4 Å². The second-order valence-corrected chi connectivity index (χ2v) is 14.6. The Balaban J connectivity index is 1.44. The van der Waals surface area contributed by atoms with E-state index in [1.807, 2.05) is 0 Å². The van der Waals surface area contributed by atoms with Crippen molar-refractivity contribution in [2.75, 3.05) is 20.6 Å². The van der Waals surface area contributed by atoms with Crippen LogP contribution in [0.1, 0.15) is 111 Å². The highest BCUT2D eigenvalue weighted by molar-refractivity contribution is 5.76. The highest BCUT2D eigenvalue weighted by Gasteiger charge is 2.59. The quantitative estimate of drug-likeness (QED) is 0.224. The van der Waals surface area contributed by atoms with Gasteiger partial charge in [-0.1, -0.05) is 52.2 Å². The minimum Gasteiger partial charge on any atom is -0.481 e. The number of allylic oxidation sites excluding steroid dienone is 1. The van der Waals surface area contributed by atoms with Crippen molar-refractivity contribution in [1.82, 2.24) is 4.90 Å². The van der Waals surface area contributed by atoms with E-state index in [9.17, 15) is 9.59 Å². The molecule has 0 aromatic carbocycles. The van der Waals surface area contributed by atoms with Crippen molar-refractivity contribution in [3.05, 3.63) is 11.6 Å². The largest absolute Gasteiger partial charge is 0.481 e. The molecule has 4 rings (SSSR count). The SMILES string of the molecule is CC(C)CCCC(CN(C)C)C1CCC2[C@@H]3CC=C4C[C@@H](OC(=O)CCC(=O)O)CC[C@]4(C)C3CC[C@]12C. The number of carboxylic acid groups (broad SMARTS) is 1. The van der Waals surface area contributed by atoms with Crippen molar-refractivity contribution in [2.24, 2.45) is 46.3 Å². The van der Waals surface area contributed by atoms with Gasteiger partial charge in [0.05, 0.1) is 12.8 Å². The average molecular weight is 530 g/mol. The molecule has 4 aliphatic carbocycles. The van der Waals surface area contributed by atoms with E-state index in [0.717, 1.165) is 54.8 Å². The molecular formula is C33H55NO4. The third kappa shape index (κ3) is 6.18. The third-order valence-electron chi connectivity index (χ3n) is 11.5. The molecule has 0 amide bonds. The summed E-state index contributed by atoms with van der Waals surface area (Å²) in [4.78, 5) is 25.4. The van der Waals surface area contributed by atoms with Crippen LogP contribution in [-0.2, 0) is 14.3 Å². The molecule has 1 N–H and O–H groups in total. The fourth-order valence-electron chi connectivity index (χ4n) is 9.67. The number of fused-ring (bicyclic) bond motifs is 5. The predicted octanol–water partition coefficient (Wildman–Crippen LogP) is 7.35. The van der Waals surface area contributed by atoms with Crippen LogP contribution >= 0.6 is 0 Å². The maximum absolute atomic E-state index is 12.2. The first-order valence-electron chi connectivity index (χ1n) is 15.7. The van der Waals surface area contributed by atoms with E-state index in [2.05, 4.69) is 52.8 Å². The molecule has 0 aromatic heterocycles. The van der Waals surface area contributed by atoms with E-state index in [1.54, 1.807) is 0 Å². The zero-order chi connectivity index (χ0) is 27.7. The number of nitrogens with zero attached hydrogens (tertiary/aromatic N) is 1. The van der Waals surface area contributed by atoms with Crippen molar-refractivity contribution in [1.29, 1.82) is 0 Å². The summed E-state index contributed by atoms with van der Waals surface area (Å²) < 4.78 is 5.73. The highest BCUT2D eigenvalue weighted by atomic mass is 16.5. The third-order valence-corrected chi connectivity index (χ3v) is 11.5. The van der Waals surface area contributed by atoms with Gasteiger partial charge in [0.1, 0.15) is 6.10 Å². The number of carbonyl (C=O) groups excluding carboxylic acids is 1. The van der Waals surface area contributed by atoms with Crippen molar-refractivity contribution in [3.8, 4) is 0 Å². The number of esters is 1. The fraction of sp³-hybridized carbons (Fsp3) is 0.879. The first-order valence-corrected chi connectivity index (χ1v) is 15.7. The van der Waals surface area contributed by atoms with Crippen LogP contribution in [0, 0.1) is 46.3 Å². The summed E-state index contributed by atoms with van der Waals surface area (Å²) in [5.41, 5.74) is 2.21. The molecule has 216 valence electrons. The summed E-state index contributed by atoms with van der Waals surface area (Å²) in [5.74, 6) is 3.53. The molecule has 0 saturated heterocycles. The average Bonchev–Trinajstić information content (AvgIpc) is 3.19. The summed E-state index contributed by atoms with van der Waals surface area (Å²) in [6.07, 6.45) is 15.9. The summed E-state index contributed by atoms with van der Waals surface area (Å²) in [6.45, 7) is 11.1. The van der Waals surface area contributed by atoms with E-state index in [1.165, 1.54) is 63.5 Å². The molecule has 3 fully saturated rings. The van der Waals surface area contributed by atoms with Crippen molar-refractivity contribution in [3.63, 3.8) is 0 Å². The van der Waals surface area contributed by atoms with Crippen LogP contribution < -0.4 is 0 Å². The zero-order valence-corrected chi connectivity index (χ0v) is 25.1. The van der Waals surface area contributed by atoms with Gasteiger partial charge < -0.3 is 14.7 Å². The Morgan fingerprint density at radius 3 is 2.50 bits per heavy atom. The lowest BCUT2D eigenvalue weighted by molar-refractivity contribution is -0.154. The molecule has 4 aliphatic rings. The van der Waals surface area contributed by atoms with Gasteiger partial charge in [0.25, 0.3) is 0 Å². The lowest BCUT2D eigenvalue weighted by Gasteiger charge is -2.58. The Hall–Kier alpha value is -1.36. The Labute approximate surface area is 232 Å². The maximum atomic E-state index is 12.2. The van der Waals surface area contributed by atoms with Crippen LogP contribution in [0.3, 0.4) is 0 Å². The van der Waals surface area contributed by atoms with Gasteiger partial charge in [-0.15, -0.1) is 0 Å². The van der Waals surface area contributed by atoms with Crippen LogP contribution in [0.5, 0.6) is 0 Å². The van der Waals surface area contributed by atoms with Crippen LogP contribution in [0.2, 0.25) is 0 Å². The van der Waals surface area contributed by atoms with Gasteiger partial charge in [-0.2, -0.15) is 0 Å². The Bertz CT molecular complexity index is 880. The number of rotatable bonds is 11. The smallest absolute Gasteiger partial charge is 0.306 e. The van der Waals surface area contributed by atoms with Crippen LogP contribution in [0.25, 0.3) is 0 Å². The van der Waals surface area contributed by atoms with Gasteiger partial charge in [0, 0.05) is 13.0 Å². The Kier molecular flexibility index (Phi) is 9.37. The lowest BCUT2D eigenvalue weighted by atomic mass is 9.47. The first kappa shape index (κ1) is 29.6. The highest BCUT2D eigenvalue weighted by Crippen LogP contribution is 2.67. The molecule has 4 unspecified atom stereocenters. The Morgan fingerprint density at radius 2 is 1.82 bits per heavy atom. The van der Waals surface area contributed by atoms with Gasteiger partial charge >= 0.3 is 11.9 Å². The number of carboxylic acids is 1. The molecule has 0 spiro atoms. The van der Waals surface area contributed by atoms with Crippen LogP contribution in [0.15, 0.2) is 11.6 Å². The van der Waals surface area contributed by atoms with Gasteiger partial charge in [-0.25, -0.2) is 0 Å². The molecule has 5 nitrogen and oxygen atoms in total. The fourth-order valence-corrected chi connectivity index (χ4v) is 9.67. The number of carbonyl (C=O) groups is 2. The van der Waals surface area contributed by atoms with Gasteiger partial charge in [-0.05, 0) is 112 Å². The molecule has 38 heavy (non-hydrogen) atoms. The maximum Gasteiger partial charge on any atom is 0.306 e. The van der Waals surface area contributed by atoms with E-state index >= 15 is 0 Å². The van der Waals surface area contributed by atoms with Gasteiger partial charge in [0.2, 0.25) is 0 Å². The molecule has 0 aliphatic heterocycles. The topological polar surface area (TPSA) is 66.8 Å². The standard InChI is InChI=1S/C33H55NO4/c1-22(2)8-7-9-23(21-34(5)6)27-12-13-28-26-11-10-24-20-25(38-31(37)15-14-30(35)36)16-18-32(24,3)29(26)17-19-33(27,28)4/h10,22-23,25-29H,7-9,11-21H2,1-6H3,(H,35,36)/t23?,25-,26-,27?,28?,29?,32-,33+/m0/s1. The summed E-state index contributed by atoms with van der Waals surface area (Å²) in [6, 6.07) is 0. The second-order valence-electron chi connectivity index (χ2n) is 14.6. The second kappa shape index (κ2) is 12.0. The number of hydrogen-bond acceptors (Lipinski definition) is 4.